The van der Waals surface area contributed by atoms with Gasteiger partial charge in [-0.05, 0) is 34.6 Å². The number of morpholine rings is 1. The summed E-state index contributed by atoms with van der Waals surface area (Å²) in [5.74, 6) is 0.00972. The Bertz CT molecular complexity index is 516. The lowest BCUT2D eigenvalue weighted by molar-refractivity contribution is -0.126. The summed E-state index contributed by atoms with van der Waals surface area (Å²) in [4.78, 5) is 14.7. The van der Waals surface area contributed by atoms with Crippen molar-refractivity contribution < 1.29 is 9.53 Å². The van der Waals surface area contributed by atoms with Gasteiger partial charge < -0.3 is 10.1 Å². The second-order valence-electron chi connectivity index (χ2n) is 6.05. The van der Waals surface area contributed by atoms with E-state index in [1.54, 1.807) is 4.68 Å². The third-order valence-electron chi connectivity index (χ3n) is 4.13. The lowest BCUT2D eigenvalue weighted by Crippen LogP contribution is -2.52. The van der Waals surface area contributed by atoms with Crippen LogP contribution in [-0.2, 0) is 16.6 Å². The van der Waals surface area contributed by atoms with Crippen LogP contribution in [0.3, 0.4) is 0 Å². The van der Waals surface area contributed by atoms with Crippen LogP contribution in [0.5, 0.6) is 0 Å². The van der Waals surface area contributed by atoms with Crippen molar-refractivity contribution in [3.05, 3.63) is 11.4 Å². The van der Waals surface area contributed by atoms with E-state index >= 15 is 0 Å². The smallest absolute Gasteiger partial charge is 0.241 e. The van der Waals surface area contributed by atoms with Crippen LogP contribution >= 0.6 is 0 Å². The minimum absolute atomic E-state index is 0.00972. The molecule has 0 unspecified atom stereocenters. The summed E-state index contributed by atoms with van der Waals surface area (Å²) in [6.07, 6.45) is 0.316. The Balaban J connectivity index is 2.05. The first-order valence-corrected chi connectivity index (χ1v) is 7.50. The van der Waals surface area contributed by atoms with E-state index in [1.165, 1.54) is 0 Å². The maximum absolute atomic E-state index is 12.5. The Labute approximate surface area is 126 Å². The molecule has 0 spiro atoms. The first-order chi connectivity index (χ1) is 9.79. The van der Waals surface area contributed by atoms with E-state index < -0.39 is 0 Å². The SMILES string of the molecule is Cc1nn(C)c(C)c1NC(=O)[C@H](C)N1C[C@H](C)O[C@@H](C)C1. The van der Waals surface area contributed by atoms with Gasteiger partial charge >= 0.3 is 0 Å². The second kappa shape index (κ2) is 6.15. The van der Waals surface area contributed by atoms with Gasteiger partial charge in [0.25, 0.3) is 0 Å². The number of aryl methyl sites for hydroxylation is 2. The number of ether oxygens (including phenoxy) is 1. The van der Waals surface area contributed by atoms with Crippen LogP contribution in [0.2, 0.25) is 0 Å². The fourth-order valence-electron chi connectivity index (χ4n) is 2.88. The number of rotatable bonds is 3. The summed E-state index contributed by atoms with van der Waals surface area (Å²) < 4.78 is 7.51. The summed E-state index contributed by atoms with van der Waals surface area (Å²) in [7, 11) is 1.88. The zero-order valence-electron chi connectivity index (χ0n) is 13.8. The number of nitrogens with one attached hydrogen (secondary N) is 1. The molecule has 3 atom stereocenters. The van der Waals surface area contributed by atoms with Crippen LogP contribution in [0.25, 0.3) is 0 Å². The standard InChI is InChI=1S/C15H26N4O2/c1-9-7-19(8-10(2)21-9)13(5)15(20)16-14-11(3)17-18(6)12(14)4/h9-10,13H,7-8H2,1-6H3,(H,16,20)/t9-,10-,13-/m0/s1. The maximum atomic E-state index is 12.5. The Morgan fingerprint density at radius 1 is 1.33 bits per heavy atom. The van der Waals surface area contributed by atoms with Gasteiger partial charge in [0.15, 0.2) is 0 Å². The summed E-state index contributed by atoms with van der Waals surface area (Å²) in [6, 6.07) is -0.183. The predicted molar refractivity (Wildman–Crippen MR) is 82.4 cm³/mol. The van der Waals surface area contributed by atoms with Gasteiger partial charge in [-0.2, -0.15) is 5.10 Å². The Morgan fingerprint density at radius 3 is 2.38 bits per heavy atom. The molecule has 2 rings (SSSR count). The van der Waals surface area contributed by atoms with Crippen molar-refractivity contribution in [2.75, 3.05) is 18.4 Å². The molecule has 0 saturated carbocycles. The molecule has 0 aliphatic carbocycles. The second-order valence-corrected chi connectivity index (χ2v) is 6.05. The minimum atomic E-state index is -0.183. The van der Waals surface area contributed by atoms with Gasteiger partial charge in [-0.15, -0.1) is 0 Å². The van der Waals surface area contributed by atoms with Crippen LogP contribution in [0, 0.1) is 13.8 Å². The number of hydrogen-bond acceptors (Lipinski definition) is 4. The average molecular weight is 294 g/mol. The number of aromatic nitrogens is 2. The van der Waals surface area contributed by atoms with Crippen LogP contribution in [0.4, 0.5) is 5.69 Å². The predicted octanol–water partition coefficient (Wildman–Crippen LogP) is 1.47. The van der Waals surface area contributed by atoms with Crippen LogP contribution in [-0.4, -0.2) is 51.9 Å². The van der Waals surface area contributed by atoms with Gasteiger partial charge in [0.2, 0.25) is 5.91 Å². The Morgan fingerprint density at radius 2 is 1.90 bits per heavy atom. The molecule has 1 aliphatic rings. The highest BCUT2D eigenvalue weighted by Gasteiger charge is 2.29. The minimum Gasteiger partial charge on any atom is -0.373 e. The van der Waals surface area contributed by atoms with Gasteiger partial charge in [0.1, 0.15) is 0 Å². The van der Waals surface area contributed by atoms with Gasteiger partial charge in [0.05, 0.1) is 35.3 Å². The normalized spacial score (nSPS) is 24.9. The highest BCUT2D eigenvalue weighted by molar-refractivity contribution is 5.95. The molecule has 1 amide bonds. The number of nitrogens with zero attached hydrogens (tertiary/aromatic N) is 3. The fraction of sp³-hybridized carbons (Fsp3) is 0.733. The molecule has 1 fully saturated rings. The molecule has 118 valence electrons. The van der Waals surface area contributed by atoms with E-state index in [2.05, 4.69) is 15.3 Å². The monoisotopic (exact) mass is 294 g/mol. The topological polar surface area (TPSA) is 59.4 Å². The molecule has 2 heterocycles. The number of anilines is 1. The molecule has 1 aromatic heterocycles. The summed E-state index contributed by atoms with van der Waals surface area (Å²) in [5, 5.41) is 7.35. The van der Waals surface area contributed by atoms with Gasteiger partial charge in [-0.25, -0.2) is 0 Å². The lowest BCUT2D eigenvalue weighted by Gasteiger charge is -2.38. The molecule has 0 aromatic carbocycles. The van der Waals surface area contributed by atoms with Gasteiger partial charge in [0, 0.05) is 20.1 Å². The van der Waals surface area contributed by atoms with Gasteiger partial charge in [-0.3, -0.25) is 14.4 Å². The highest BCUT2D eigenvalue weighted by atomic mass is 16.5. The number of carbonyl (C=O) groups excluding carboxylic acids is 1. The van der Waals surface area contributed by atoms with Crippen molar-refractivity contribution in [1.82, 2.24) is 14.7 Å². The Kier molecular flexibility index (Phi) is 4.68. The van der Waals surface area contributed by atoms with Crippen molar-refractivity contribution in [2.24, 2.45) is 7.05 Å². The molecule has 1 N–H and O–H groups in total. The van der Waals surface area contributed by atoms with Crippen molar-refractivity contribution in [2.45, 2.75) is 52.9 Å². The van der Waals surface area contributed by atoms with E-state index in [0.29, 0.717) is 0 Å². The number of amides is 1. The molecule has 21 heavy (non-hydrogen) atoms. The molecule has 6 heteroatoms. The molecule has 1 aromatic rings. The zero-order valence-corrected chi connectivity index (χ0v) is 13.8. The third kappa shape index (κ3) is 3.44. The summed E-state index contributed by atoms with van der Waals surface area (Å²) in [6.45, 7) is 11.5. The third-order valence-corrected chi connectivity index (χ3v) is 4.13. The Hall–Kier alpha value is -1.40. The highest BCUT2D eigenvalue weighted by Crippen LogP contribution is 2.20. The lowest BCUT2D eigenvalue weighted by atomic mass is 10.1. The molecule has 1 aliphatic heterocycles. The van der Waals surface area contributed by atoms with Crippen LogP contribution in [0.1, 0.15) is 32.2 Å². The summed E-state index contributed by atoms with van der Waals surface area (Å²) in [5.41, 5.74) is 2.64. The molecule has 6 nitrogen and oxygen atoms in total. The zero-order chi connectivity index (χ0) is 15.7. The fourth-order valence-corrected chi connectivity index (χ4v) is 2.88. The van der Waals surface area contributed by atoms with Gasteiger partial charge in [-0.1, -0.05) is 0 Å². The molecule has 0 radical (unpaired) electrons. The summed E-state index contributed by atoms with van der Waals surface area (Å²) >= 11 is 0. The van der Waals surface area contributed by atoms with Crippen molar-refractivity contribution in [3.63, 3.8) is 0 Å². The van der Waals surface area contributed by atoms with Crippen LogP contribution in [0.15, 0.2) is 0 Å². The average Bonchev–Trinajstić information content (AvgIpc) is 2.63. The molecular formula is C15H26N4O2. The quantitative estimate of drug-likeness (QED) is 0.917. The molecular weight excluding hydrogens is 268 g/mol. The first-order valence-electron chi connectivity index (χ1n) is 7.50. The van der Waals surface area contributed by atoms with E-state index in [9.17, 15) is 4.79 Å². The van der Waals surface area contributed by atoms with E-state index in [-0.39, 0.29) is 24.2 Å². The van der Waals surface area contributed by atoms with E-state index in [1.807, 2.05) is 41.7 Å². The maximum Gasteiger partial charge on any atom is 0.241 e. The molecule has 1 saturated heterocycles. The number of carbonyl (C=O) groups is 1. The van der Waals surface area contributed by atoms with Crippen molar-refractivity contribution in [1.29, 1.82) is 0 Å². The van der Waals surface area contributed by atoms with Crippen molar-refractivity contribution >= 4 is 11.6 Å². The molecule has 0 bridgehead atoms. The van der Waals surface area contributed by atoms with E-state index in [0.717, 1.165) is 30.2 Å². The largest absolute Gasteiger partial charge is 0.373 e. The first kappa shape index (κ1) is 16.0. The number of hydrogen-bond donors (Lipinski definition) is 1. The van der Waals surface area contributed by atoms with Crippen molar-refractivity contribution in [3.8, 4) is 0 Å². The van der Waals surface area contributed by atoms with Crippen LogP contribution < -0.4 is 5.32 Å². The van der Waals surface area contributed by atoms with E-state index in [4.69, 9.17) is 4.74 Å².